The molecule has 0 amide bonds. The molecule has 0 heterocycles. The molecular formula is C11H14O. The lowest BCUT2D eigenvalue weighted by molar-refractivity contribution is 0.0658. The summed E-state index contributed by atoms with van der Waals surface area (Å²) in [5.74, 6) is 0.409. The molecule has 2 atom stereocenters. The van der Waals surface area contributed by atoms with Gasteiger partial charge in [-0.2, -0.15) is 0 Å². The van der Waals surface area contributed by atoms with Gasteiger partial charge in [0.15, 0.2) is 0 Å². The van der Waals surface area contributed by atoms with Crippen molar-refractivity contribution in [2.24, 2.45) is 0 Å². The van der Waals surface area contributed by atoms with Crippen molar-refractivity contribution in [3.8, 4) is 0 Å². The van der Waals surface area contributed by atoms with E-state index in [1.165, 1.54) is 11.1 Å². The molecule has 1 aliphatic carbocycles. The van der Waals surface area contributed by atoms with Crippen LogP contribution in [-0.2, 0) is 0 Å². The molecule has 1 saturated carbocycles. The lowest BCUT2D eigenvalue weighted by atomic mass is 9.76. The Kier molecular flexibility index (Phi) is 1.89. The summed E-state index contributed by atoms with van der Waals surface area (Å²) in [7, 11) is 0. The predicted molar refractivity (Wildman–Crippen MR) is 49.2 cm³/mol. The smallest absolute Gasteiger partial charge is 0.0609 e. The minimum Gasteiger partial charge on any atom is -0.392 e. The van der Waals surface area contributed by atoms with Crippen LogP contribution in [-0.4, -0.2) is 11.2 Å². The fraction of sp³-hybridized carbons (Fsp3) is 0.455. The van der Waals surface area contributed by atoms with Gasteiger partial charge < -0.3 is 5.11 Å². The van der Waals surface area contributed by atoms with E-state index in [9.17, 15) is 5.11 Å². The van der Waals surface area contributed by atoms with Gasteiger partial charge in [-0.3, -0.25) is 0 Å². The molecule has 64 valence electrons. The van der Waals surface area contributed by atoms with Gasteiger partial charge in [-0.05, 0) is 30.9 Å². The fourth-order valence-corrected chi connectivity index (χ4v) is 1.85. The zero-order chi connectivity index (χ0) is 8.55. The molecule has 0 bridgehead atoms. The van der Waals surface area contributed by atoms with Crippen molar-refractivity contribution in [3.63, 3.8) is 0 Å². The second-order valence-electron chi connectivity index (χ2n) is 3.61. The average Bonchev–Trinajstić information content (AvgIpc) is 2.06. The topological polar surface area (TPSA) is 20.2 Å². The lowest BCUT2D eigenvalue weighted by Gasteiger charge is -2.33. The molecule has 0 spiro atoms. The van der Waals surface area contributed by atoms with E-state index in [0.29, 0.717) is 5.92 Å². The van der Waals surface area contributed by atoms with Crippen molar-refractivity contribution in [2.45, 2.75) is 31.8 Å². The highest BCUT2D eigenvalue weighted by molar-refractivity contribution is 5.31. The van der Waals surface area contributed by atoms with Gasteiger partial charge in [0.1, 0.15) is 0 Å². The van der Waals surface area contributed by atoms with Crippen molar-refractivity contribution in [1.82, 2.24) is 0 Å². The quantitative estimate of drug-likeness (QED) is 0.671. The van der Waals surface area contributed by atoms with Crippen LogP contribution in [0, 0.1) is 6.92 Å². The molecule has 0 saturated heterocycles. The average molecular weight is 162 g/mol. The number of hydrogen-bond donors (Lipinski definition) is 1. The summed E-state index contributed by atoms with van der Waals surface area (Å²) in [5.41, 5.74) is 2.64. The molecule has 1 aromatic rings. The van der Waals surface area contributed by atoms with Crippen molar-refractivity contribution in [1.29, 1.82) is 0 Å². The maximum absolute atomic E-state index is 9.49. The summed E-state index contributed by atoms with van der Waals surface area (Å²) < 4.78 is 0. The van der Waals surface area contributed by atoms with Crippen molar-refractivity contribution < 1.29 is 5.11 Å². The third-order valence-electron chi connectivity index (χ3n) is 2.83. The van der Waals surface area contributed by atoms with Crippen LogP contribution in [0.15, 0.2) is 24.3 Å². The monoisotopic (exact) mass is 162 g/mol. The number of benzene rings is 1. The van der Waals surface area contributed by atoms with E-state index in [4.69, 9.17) is 0 Å². The van der Waals surface area contributed by atoms with Gasteiger partial charge >= 0.3 is 0 Å². The van der Waals surface area contributed by atoms with Crippen LogP contribution in [0.2, 0.25) is 0 Å². The molecule has 0 aromatic heterocycles. The maximum atomic E-state index is 9.49. The first kappa shape index (κ1) is 7.81. The van der Waals surface area contributed by atoms with E-state index >= 15 is 0 Å². The molecule has 0 aliphatic heterocycles. The van der Waals surface area contributed by atoms with Crippen LogP contribution in [0.25, 0.3) is 0 Å². The Labute approximate surface area is 73.0 Å². The van der Waals surface area contributed by atoms with E-state index in [2.05, 4.69) is 19.1 Å². The Hall–Kier alpha value is -0.820. The number of aliphatic hydroxyl groups excluding tert-OH is 1. The third-order valence-corrected chi connectivity index (χ3v) is 2.83. The van der Waals surface area contributed by atoms with Crippen molar-refractivity contribution in [2.75, 3.05) is 0 Å². The minimum absolute atomic E-state index is 0.0916. The van der Waals surface area contributed by atoms with Crippen molar-refractivity contribution >= 4 is 0 Å². The predicted octanol–water partition coefficient (Wildman–Crippen LogP) is 2.23. The van der Waals surface area contributed by atoms with Gasteiger partial charge in [-0.25, -0.2) is 0 Å². The van der Waals surface area contributed by atoms with Crippen LogP contribution in [0.3, 0.4) is 0 Å². The van der Waals surface area contributed by atoms with Crippen LogP contribution in [0.4, 0.5) is 0 Å². The van der Waals surface area contributed by atoms with E-state index < -0.39 is 0 Å². The van der Waals surface area contributed by atoms with E-state index in [1.807, 2.05) is 12.1 Å². The van der Waals surface area contributed by atoms with Gasteiger partial charge in [-0.15, -0.1) is 0 Å². The number of hydrogen-bond acceptors (Lipinski definition) is 1. The minimum atomic E-state index is -0.0916. The normalized spacial score (nSPS) is 28.2. The van der Waals surface area contributed by atoms with E-state index in [0.717, 1.165) is 12.8 Å². The summed E-state index contributed by atoms with van der Waals surface area (Å²) in [6.45, 7) is 2.11. The van der Waals surface area contributed by atoms with Crippen LogP contribution < -0.4 is 0 Å². The molecule has 0 radical (unpaired) electrons. The van der Waals surface area contributed by atoms with E-state index in [-0.39, 0.29) is 6.10 Å². The standard InChI is InChI=1S/C11H14O/c1-8-4-2-3-5-9(8)10-6-7-11(10)12/h2-5,10-12H,6-7H2,1H3. The molecule has 1 aliphatic rings. The summed E-state index contributed by atoms with van der Waals surface area (Å²) in [4.78, 5) is 0. The van der Waals surface area contributed by atoms with Crippen LogP contribution >= 0.6 is 0 Å². The summed E-state index contributed by atoms with van der Waals surface area (Å²) in [5, 5.41) is 9.49. The molecule has 1 fully saturated rings. The Balaban J connectivity index is 2.27. The highest BCUT2D eigenvalue weighted by Gasteiger charge is 2.30. The number of aryl methyl sites for hydroxylation is 1. The zero-order valence-corrected chi connectivity index (χ0v) is 7.33. The Morgan fingerprint density at radius 3 is 2.50 bits per heavy atom. The summed E-state index contributed by atoms with van der Waals surface area (Å²) in [6, 6.07) is 8.33. The Morgan fingerprint density at radius 2 is 2.00 bits per heavy atom. The second-order valence-corrected chi connectivity index (χ2v) is 3.61. The zero-order valence-electron chi connectivity index (χ0n) is 7.33. The first-order chi connectivity index (χ1) is 5.79. The SMILES string of the molecule is Cc1ccccc1C1CCC1O. The van der Waals surface area contributed by atoms with Gasteiger partial charge in [-0.1, -0.05) is 24.3 Å². The summed E-state index contributed by atoms with van der Waals surface area (Å²) in [6.07, 6.45) is 2.02. The van der Waals surface area contributed by atoms with Gasteiger partial charge in [0.05, 0.1) is 6.10 Å². The van der Waals surface area contributed by atoms with E-state index in [1.54, 1.807) is 0 Å². The maximum Gasteiger partial charge on any atom is 0.0609 e. The van der Waals surface area contributed by atoms with Crippen LogP contribution in [0.5, 0.6) is 0 Å². The fourth-order valence-electron chi connectivity index (χ4n) is 1.85. The molecular weight excluding hydrogens is 148 g/mol. The Morgan fingerprint density at radius 1 is 1.25 bits per heavy atom. The molecule has 12 heavy (non-hydrogen) atoms. The number of rotatable bonds is 1. The molecule has 1 heteroatoms. The highest BCUT2D eigenvalue weighted by Crippen LogP contribution is 2.37. The first-order valence-electron chi connectivity index (χ1n) is 4.52. The van der Waals surface area contributed by atoms with Crippen LogP contribution in [0.1, 0.15) is 29.9 Å². The van der Waals surface area contributed by atoms with Crippen molar-refractivity contribution in [3.05, 3.63) is 35.4 Å². The molecule has 1 aromatic carbocycles. The number of aliphatic hydroxyl groups is 1. The van der Waals surface area contributed by atoms with Gasteiger partial charge in [0.2, 0.25) is 0 Å². The van der Waals surface area contributed by atoms with Gasteiger partial charge in [0.25, 0.3) is 0 Å². The molecule has 1 N–H and O–H groups in total. The molecule has 2 rings (SSSR count). The highest BCUT2D eigenvalue weighted by atomic mass is 16.3. The first-order valence-corrected chi connectivity index (χ1v) is 4.52. The third kappa shape index (κ3) is 1.14. The second kappa shape index (κ2) is 2.91. The Bertz CT molecular complexity index is 280. The van der Waals surface area contributed by atoms with Gasteiger partial charge in [0, 0.05) is 5.92 Å². The largest absolute Gasteiger partial charge is 0.392 e. The lowest BCUT2D eigenvalue weighted by Crippen LogP contribution is -2.29. The molecule has 2 unspecified atom stereocenters. The summed E-state index contributed by atoms with van der Waals surface area (Å²) >= 11 is 0. The molecule has 1 nitrogen and oxygen atoms in total.